The van der Waals surface area contributed by atoms with Gasteiger partial charge in [0.1, 0.15) is 0 Å². The van der Waals surface area contributed by atoms with Gasteiger partial charge in [-0.25, -0.2) is 13.2 Å². The minimum Gasteiger partial charge on any atom is -0.288 e. The van der Waals surface area contributed by atoms with Gasteiger partial charge < -0.3 is 0 Å². The summed E-state index contributed by atoms with van der Waals surface area (Å²) < 4.78 is 64.2. The number of benzene rings is 2. The third kappa shape index (κ3) is 3.27. The minimum atomic E-state index is -4.56. The average Bonchev–Trinajstić information content (AvgIpc) is 3.06. The predicted octanol–water partition coefficient (Wildman–Crippen LogP) is 3.93. The van der Waals surface area contributed by atoms with Crippen molar-refractivity contribution in [1.29, 1.82) is 0 Å². The lowest BCUT2D eigenvalue weighted by atomic mass is 10.1. The number of fused-ring (bicyclic) bond motifs is 1. The Morgan fingerprint density at radius 2 is 1.59 bits per heavy atom. The highest BCUT2D eigenvalue weighted by Crippen LogP contribution is 2.40. The molecule has 2 fully saturated rings. The van der Waals surface area contributed by atoms with Crippen LogP contribution in [0.5, 0.6) is 0 Å². The topological polar surface area (TPSA) is 57.7 Å². The molecular weight excluding hydrogens is 405 g/mol. The van der Waals surface area contributed by atoms with Gasteiger partial charge in [0.15, 0.2) is 9.84 Å². The number of amides is 2. The summed E-state index contributed by atoms with van der Waals surface area (Å²) in [6, 6.07) is 7.94. The number of carbonyl (C=O) groups excluding carboxylic acids is 1. The van der Waals surface area contributed by atoms with Gasteiger partial charge in [-0.15, -0.1) is 0 Å². The van der Waals surface area contributed by atoms with Crippen LogP contribution in [-0.2, 0) is 16.0 Å². The first-order chi connectivity index (χ1) is 13.5. The van der Waals surface area contributed by atoms with Crippen LogP contribution in [0.15, 0.2) is 42.5 Å². The molecule has 0 unspecified atom stereocenters. The van der Waals surface area contributed by atoms with Crippen molar-refractivity contribution in [3.63, 3.8) is 0 Å². The van der Waals surface area contributed by atoms with Crippen LogP contribution in [0, 0.1) is 13.8 Å². The molecule has 2 atom stereocenters. The van der Waals surface area contributed by atoms with Crippen LogP contribution in [0.25, 0.3) is 0 Å². The molecule has 0 aliphatic carbocycles. The number of carbonyl (C=O) groups is 1. The molecule has 0 N–H and O–H groups in total. The molecule has 2 aliphatic rings. The van der Waals surface area contributed by atoms with Crippen molar-refractivity contribution in [2.24, 2.45) is 0 Å². The maximum atomic E-state index is 13.3. The molecule has 5 nitrogen and oxygen atoms in total. The number of rotatable bonds is 2. The lowest BCUT2D eigenvalue weighted by Crippen LogP contribution is -2.38. The summed E-state index contributed by atoms with van der Waals surface area (Å²) in [6.45, 7) is 3.72. The summed E-state index contributed by atoms with van der Waals surface area (Å²) >= 11 is 0. The quantitative estimate of drug-likeness (QED) is 0.687. The largest absolute Gasteiger partial charge is 0.416 e. The number of anilines is 2. The number of sulfone groups is 1. The number of urea groups is 1. The van der Waals surface area contributed by atoms with Gasteiger partial charge >= 0.3 is 12.2 Å². The van der Waals surface area contributed by atoms with Gasteiger partial charge in [-0.2, -0.15) is 13.2 Å². The second-order valence-corrected chi connectivity index (χ2v) is 9.66. The first-order valence-corrected chi connectivity index (χ1v) is 10.9. The van der Waals surface area contributed by atoms with Crippen LogP contribution in [-0.4, -0.2) is 38.0 Å². The summed E-state index contributed by atoms with van der Waals surface area (Å²) in [5.74, 6) is -0.493. The summed E-state index contributed by atoms with van der Waals surface area (Å²) in [4.78, 5) is 16.0. The van der Waals surface area contributed by atoms with Crippen LogP contribution in [0.1, 0.15) is 16.7 Å². The van der Waals surface area contributed by atoms with Gasteiger partial charge in [0, 0.05) is 11.4 Å². The van der Waals surface area contributed by atoms with Crippen LogP contribution in [0.4, 0.5) is 29.3 Å². The normalized spacial score (nSPS) is 23.6. The number of nitrogens with zero attached hydrogens (tertiary/aromatic N) is 2. The Bertz CT molecular complexity index is 1100. The molecule has 0 saturated carbocycles. The first kappa shape index (κ1) is 19.8. The van der Waals surface area contributed by atoms with E-state index in [0.29, 0.717) is 5.69 Å². The second-order valence-electron chi connectivity index (χ2n) is 7.50. The number of aryl methyl sites for hydroxylation is 1. The van der Waals surface area contributed by atoms with E-state index in [1.807, 2.05) is 19.9 Å². The number of alkyl halides is 3. The van der Waals surface area contributed by atoms with E-state index >= 15 is 0 Å². The molecule has 154 valence electrons. The third-order valence-corrected chi connectivity index (χ3v) is 7.36. The van der Waals surface area contributed by atoms with Crippen LogP contribution >= 0.6 is 0 Å². The van der Waals surface area contributed by atoms with E-state index in [9.17, 15) is 26.4 Å². The zero-order valence-corrected chi connectivity index (χ0v) is 16.6. The molecule has 2 amide bonds. The lowest BCUT2D eigenvalue weighted by molar-refractivity contribution is -0.137. The van der Waals surface area contributed by atoms with Gasteiger partial charge in [0.2, 0.25) is 0 Å². The van der Waals surface area contributed by atoms with Crippen molar-refractivity contribution in [1.82, 2.24) is 0 Å². The smallest absolute Gasteiger partial charge is 0.288 e. The standard InChI is InChI=1S/C20H19F3N2O3S/c1-12-5-3-8-16(13(12)2)25-18-11-29(27,28)10-17(18)24(19(25)26)15-7-4-6-14(9-15)20(21,22)23/h3-9,17-18H,10-11H2,1-2H3/t17-,18-/m0/s1. The summed E-state index contributed by atoms with van der Waals surface area (Å²) in [6.07, 6.45) is -4.56. The molecular formula is C20H19F3N2O3S. The summed E-state index contributed by atoms with van der Waals surface area (Å²) in [5, 5.41) is 0. The number of halogens is 3. The van der Waals surface area contributed by atoms with E-state index in [1.54, 1.807) is 12.1 Å². The maximum Gasteiger partial charge on any atom is 0.416 e. The molecule has 0 spiro atoms. The molecule has 0 radical (unpaired) electrons. The van der Waals surface area contributed by atoms with E-state index in [0.717, 1.165) is 23.3 Å². The zero-order valence-electron chi connectivity index (χ0n) is 15.8. The zero-order chi connectivity index (χ0) is 21.1. The molecule has 9 heteroatoms. The summed E-state index contributed by atoms with van der Waals surface area (Å²) in [7, 11) is -3.43. The van der Waals surface area contributed by atoms with E-state index in [4.69, 9.17) is 0 Å². The Labute approximate surface area is 166 Å². The van der Waals surface area contributed by atoms with Crippen molar-refractivity contribution < 1.29 is 26.4 Å². The van der Waals surface area contributed by atoms with Crippen LogP contribution in [0.2, 0.25) is 0 Å². The molecule has 2 aliphatic heterocycles. The molecule has 2 aromatic carbocycles. The Morgan fingerprint density at radius 1 is 0.966 bits per heavy atom. The van der Waals surface area contributed by atoms with Gasteiger partial charge in [-0.05, 0) is 49.2 Å². The van der Waals surface area contributed by atoms with Crippen LogP contribution < -0.4 is 9.80 Å². The van der Waals surface area contributed by atoms with Gasteiger partial charge in [0.25, 0.3) is 0 Å². The number of hydrogen-bond donors (Lipinski definition) is 0. The first-order valence-electron chi connectivity index (χ1n) is 9.06. The van der Waals surface area contributed by atoms with Gasteiger partial charge in [0.05, 0.1) is 29.2 Å². The lowest BCUT2D eigenvalue weighted by Gasteiger charge is -2.25. The molecule has 2 heterocycles. The van der Waals surface area contributed by atoms with Crippen molar-refractivity contribution >= 4 is 27.2 Å². The SMILES string of the molecule is Cc1cccc(N2C(=O)N(c3cccc(C(F)(F)F)c3)[C@H]3CS(=O)(=O)C[C@@H]32)c1C. The average molecular weight is 424 g/mol. The summed E-state index contributed by atoms with van der Waals surface area (Å²) in [5.41, 5.74) is 1.51. The Morgan fingerprint density at radius 3 is 2.24 bits per heavy atom. The molecule has 2 saturated heterocycles. The monoisotopic (exact) mass is 424 g/mol. The van der Waals surface area contributed by atoms with E-state index in [1.165, 1.54) is 21.9 Å². The molecule has 0 bridgehead atoms. The highest BCUT2D eigenvalue weighted by atomic mass is 32.2. The fraction of sp³-hybridized carbons (Fsp3) is 0.350. The molecule has 2 aromatic rings. The highest BCUT2D eigenvalue weighted by Gasteiger charge is 2.54. The fourth-order valence-corrected chi connectivity index (χ4v) is 6.04. The van der Waals surface area contributed by atoms with Crippen molar-refractivity contribution in [2.75, 3.05) is 21.3 Å². The Kier molecular flexibility index (Phi) is 4.41. The fourth-order valence-electron chi connectivity index (χ4n) is 4.12. The predicted molar refractivity (Wildman–Crippen MR) is 104 cm³/mol. The van der Waals surface area contributed by atoms with E-state index in [2.05, 4.69) is 0 Å². The molecule has 0 aromatic heterocycles. The van der Waals surface area contributed by atoms with Crippen LogP contribution in [0.3, 0.4) is 0 Å². The Balaban J connectivity index is 1.84. The Hall–Kier alpha value is -2.55. The number of hydrogen-bond acceptors (Lipinski definition) is 3. The van der Waals surface area contributed by atoms with Gasteiger partial charge in [-0.3, -0.25) is 9.80 Å². The maximum absolute atomic E-state index is 13.3. The third-order valence-electron chi connectivity index (χ3n) is 5.66. The highest BCUT2D eigenvalue weighted by molar-refractivity contribution is 7.91. The minimum absolute atomic E-state index is 0.0460. The van der Waals surface area contributed by atoms with Crippen molar-refractivity contribution in [3.8, 4) is 0 Å². The van der Waals surface area contributed by atoms with Crippen molar-refractivity contribution in [2.45, 2.75) is 32.1 Å². The van der Waals surface area contributed by atoms with E-state index < -0.39 is 39.7 Å². The van der Waals surface area contributed by atoms with Gasteiger partial charge in [-0.1, -0.05) is 18.2 Å². The molecule has 29 heavy (non-hydrogen) atoms. The second kappa shape index (κ2) is 6.48. The molecule has 4 rings (SSSR count). The van der Waals surface area contributed by atoms with E-state index in [-0.39, 0.29) is 17.2 Å². The van der Waals surface area contributed by atoms with Crippen molar-refractivity contribution in [3.05, 3.63) is 59.2 Å².